The van der Waals surface area contributed by atoms with Crippen LogP contribution in [0.2, 0.25) is 0 Å². The molecule has 0 spiro atoms. The van der Waals surface area contributed by atoms with E-state index in [-0.39, 0.29) is 17.9 Å². The van der Waals surface area contributed by atoms with E-state index in [4.69, 9.17) is 4.52 Å². The van der Waals surface area contributed by atoms with Crippen LogP contribution in [-0.2, 0) is 0 Å². The van der Waals surface area contributed by atoms with Gasteiger partial charge in [-0.3, -0.25) is 9.59 Å². The van der Waals surface area contributed by atoms with E-state index in [0.717, 1.165) is 17.3 Å². The molecule has 2 aromatic heterocycles. The summed E-state index contributed by atoms with van der Waals surface area (Å²) >= 11 is 0. The molecule has 3 heterocycles. The van der Waals surface area contributed by atoms with E-state index in [9.17, 15) is 9.59 Å². The van der Waals surface area contributed by atoms with Crippen LogP contribution in [0.3, 0.4) is 0 Å². The molecule has 3 aromatic rings. The number of carbonyl (C=O) groups excluding carboxylic acids is 2. The van der Waals surface area contributed by atoms with Gasteiger partial charge in [-0.15, -0.1) is 0 Å². The number of nitrogens with zero attached hydrogens (tertiary/aromatic N) is 2. The fourth-order valence-electron chi connectivity index (χ4n) is 3.24. The molecule has 0 bridgehead atoms. The Bertz CT molecular complexity index is 986. The lowest BCUT2D eigenvalue weighted by Crippen LogP contribution is -2.22. The van der Waals surface area contributed by atoms with Gasteiger partial charge in [0.15, 0.2) is 5.82 Å². The molecule has 7 heteroatoms. The highest BCUT2D eigenvalue weighted by Gasteiger charge is 2.23. The van der Waals surface area contributed by atoms with Crippen LogP contribution in [0.1, 0.15) is 46.0 Å². The number of fused-ring (bicyclic) bond motifs is 3. The van der Waals surface area contributed by atoms with Crippen molar-refractivity contribution in [3.05, 3.63) is 47.3 Å². The fraction of sp³-hybridized carbons (Fsp3) is 0.278. The molecule has 1 aliphatic rings. The third-order valence-electron chi connectivity index (χ3n) is 4.49. The summed E-state index contributed by atoms with van der Waals surface area (Å²) in [5.74, 6) is 0.660. The van der Waals surface area contributed by atoms with Crippen LogP contribution in [0, 0.1) is 6.92 Å². The molecule has 0 saturated carbocycles. The number of carbonyl (C=O) groups is 2. The van der Waals surface area contributed by atoms with Crippen molar-refractivity contribution in [1.82, 2.24) is 15.0 Å². The predicted octanol–water partition coefficient (Wildman–Crippen LogP) is 2.88. The van der Waals surface area contributed by atoms with Gasteiger partial charge in [0, 0.05) is 35.1 Å². The summed E-state index contributed by atoms with van der Waals surface area (Å²) in [6, 6.07) is 9.12. The zero-order valence-electron chi connectivity index (χ0n) is 14.0. The van der Waals surface area contributed by atoms with E-state index in [2.05, 4.69) is 22.7 Å². The van der Waals surface area contributed by atoms with Gasteiger partial charge in [0.1, 0.15) is 11.5 Å². The number of rotatable bonds is 2. The molecular formula is C18H18N4O3. The second kappa shape index (κ2) is 5.77. The Morgan fingerprint density at radius 1 is 1.36 bits per heavy atom. The van der Waals surface area contributed by atoms with Crippen molar-refractivity contribution in [3.63, 3.8) is 0 Å². The second-order valence-electron chi connectivity index (χ2n) is 6.34. The molecule has 2 amide bonds. The first-order valence-corrected chi connectivity index (χ1v) is 8.21. The monoisotopic (exact) mass is 338 g/mol. The Kier molecular flexibility index (Phi) is 3.56. The normalized spacial score (nSPS) is 17.0. The molecule has 25 heavy (non-hydrogen) atoms. The number of aromatic nitrogens is 2. The fourth-order valence-corrected chi connectivity index (χ4v) is 3.24. The van der Waals surface area contributed by atoms with Gasteiger partial charge in [-0.25, -0.2) is 0 Å². The van der Waals surface area contributed by atoms with Crippen LogP contribution in [0.15, 0.2) is 34.9 Å². The predicted molar refractivity (Wildman–Crippen MR) is 92.8 cm³/mol. The number of hydrogen-bond acceptors (Lipinski definition) is 4. The molecule has 7 nitrogen and oxygen atoms in total. The summed E-state index contributed by atoms with van der Waals surface area (Å²) < 4.78 is 6.97. The first-order chi connectivity index (χ1) is 12.0. The minimum Gasteiger partial charge on any atom is -0.360 e. The lowest BCUT2D eigenvalue weighted by Gasteiger charge is -2.14. The van der Waals surface area contributed by atoms with Gasteiger partial charge in [0.2, 0.25) is 0 Å². The van der Waals surface area contributed by atoms with E-state index in [0.29, 0.717) is 29.4 Å². The average Bonchev–Trinajstić information content (AvgIpc) is 3.13. The van der Waals surface area contributed by atoms with Gasteiger partial charge >= 0.3 is 0 Å². The number of aryl methyl sites for hydroxylation is 1. The van der Waals surface area contributed by atoms with Crippen molar-refractivity contribution >= 4 is 28.5 Å². The van der Waals surface area contributed by atoms with E-state index in [1.165, 1.54) is 0 Å². The zero-order valence-corrected chi connectivity index (χ0v) is 14.0. The zero-order chi connectivity index (χ0) is 17.6. The number of anilines is 1. The molecule has 0 fully saturated rings. The van der Waals surface area contributed by atoms with Crippen LogP contribution in [-0.4, -0.2) is 28.1 Å². The van der Waals surface area contributed by atoms with Gasteiger partial charge in [-0.05, 0) is 38.5 Å². The number of amides is 2. The highest BCUT2D eigenvalue weighted by Crippen LogP contribution is 2.28. The van der Waals surface area contributed by atoms with Crippen LogP contribution in [0.25, 0.3) is 10.9 Å². The Hall–Kier alpha value is -3.09. The minimum atomic E-state index is -0.267. The SMILES string of the molecule is Cc1cc(NC(=O)c2ccc3cc4n(c3c2)[C@H](C)CCNC4=O)no1. The number of nitrogens with one attached hydrogen (secondary N) is 2. The lowest BCUT2D eigenvalue weighted by molar-refractivity contribution is 0.0950. The summed E-state index contributed by atoms with van der Waals surface area (Å²) in [6.07, 6.45) is 0.844. The highest BCUT2D eigenvalue weighted by molar-refractivity contribution is 6.07. The second-order valence-corrected chi connectivity index (χ2v) is 6.34. The third-order valence-corrected chi connectivity index (χ3v) is 4.49. The van der Waals surface area contributed by atoms with Crippen molar-refractivity contribution < 1.29 is 14.1 Å². The van der Waals surface area contributed by atoms with Crippen LogP contribution in [0.4, 0.5) is 5.82 Å². The van der Waals surface area contributed by atoms with Gasteiger partial charge in [0.05, 0.1) is 0 Å². The van der Waals surface area contributed by atoms with Crippen molar-refractivity contribution in [2.75, 3.05) is 11.9 Å². The molecule has 1 aromatic carbocycles. The lowest BCUT2D eigenvalue weighted by atomic mass is 10.1. The van der Waals surface area contributed by atoms with Gasteiger partial charge in [0.25, 0.3) is 11.8 Å². The number of benzene rings is 1. The summed E-state index contributed by atoms with van der Waals surface area (Å²) in [5.41, 5.74) is 2.01. The maximum Gasteiger partial charge on any atom is 0.267 e. The Balaban J connectivity index is 1.74. The van der Waals surface area contributed by atoms with Crippen molar-refractivity contribution in [3.8, 4) is 0 Å². The van der Waals surface area contributed by atoms with Crippen LogP contribution >= 0.6 is 0 Å². The Morgan fingerprint density at radius 3 is 2.96 bits per heavy atom. The molecular weight excluding hydrogens is 320 g/mol. The maximum absolute atomic E-state index is 12.5. The van der Waals surface area contributed by atoms with Crippen LogP contribution < -0.4 is 10.6 Å². The largest absolute Gasteiger partial charge is 0.360 e. The van der Waals surface area contributed by atoms with E-state index in [1.807, 2.05) is 22.8 Å². The summed E-state index contributed by atoms with van der Waals surface area (Å²) in [5, 5.41) is 10.3. The molecule has 0 radical (unpaired) electrons. The quantitative estimate of drug-likeness (QED) is 0.752. The first kappa shape index (κ1) is 15.4. The summed E-state index contributed by atoms with van der Waals surface area (Å²) in [6.45, 7) is 4.49. The van der Waals surface area contributed by atoms with E-state index in [1.54, 1.807) is 19.1 Å². The standard InChI is InChI=1S/C18H18N4O3/c1-10-5-6-19-18(24)15-8-12-3-4-13(9-14(12)22(10)15)17(23)20-16-7-11(2)25-21-16/h3-4,7-10H,5-6H2,1-2H3,(H,19,24)(H,20,21,23)/t10-/m1/s1. The smallest absolute Gasteiger partial charge is 0.267 e. The first-order valence-electron chi connectivity index (χ1n) is 8.21. The molecule has 1 aliphatic heterocycles. The maximum atomic E-state index is 12.5. The van der Waals surface area contributed by atoms with Crippen molar-refractivity contribution in [2.45, 2.75) is 26.3 Å². The van der Waals surface area contributed by atoms with Crippen molar-refractivity contribution in [2.24, 2.45) is 0 Å². The molecule has 0 unspecified atom stereocenters. The average molecular weight is 338 g/mol. The van der Waals surface area contributed by atoms with Gasteiger partial charge in [-0.1, -0.05) is 11.2 Å². The van der Waals surface area contributed by atoms with Gasteiger partial charge < -0.3 is 19.7 Å². The van der Waals surface area contributed by atoms with Crippen molar-refractivity contribution in [1.29, 1.82) is 0 Å². The molecule has 128 valence electrons. The topological polar surface area (TPSA) is 89.2 Å². The molecule has 4 rings (SSSR count). The minimum absolute atomic E-state index is 0.0791. The van der Waals surface area contributed by atoms with Gasteiger partial charge in [-0.2, -0.15) is 0 Å². The van der Waals surface area contributed by atoms with E-state index < -0.39 is 0 Å². The van der Waals surface area contributed by atoms with E-state index >= 15 is 0 Å². The highest BCUT2D eigenvalue weighted by atomic mass is 16.5. The molecule has 2 N–H and O–H groups in total. The molecule has 1 atom stereocenters. The summed E-state index contributed by atoms with van der Waals surface area (Å²) in [7, 11) is 0. The summed E-state index contributed by atoms with van der Waals surface area (Å²) in [4.78, 5) is 24.7. The van der Waals surface area contributed by atoms with Crippen LogP contribution in [0.5, 0.6) is 0 Å². The third kappa shape index (κ3) is 2.67. The molecule has 0 saturated heterocycles. The Morgan fingerprint density at radius 2 is 2.20 bits per heavy atom. The Labute approximate surface area is 144 Å². The number of hydrogen-bond donors (Lipinski definition) is 2. The molecule has 0 aliphatic carbocycles.